The zero-order chi connectivity index (χ0) is 11.7. The van der Waals surface area contributed by atoms with Gasteiger partial charge in [-0.3, -0.25) is 5.10 Å². The number of rotatable bonds is 2. The summed E-state index contributed by atoms with van der Waals surface area (Å²) in [5.74, 6) is 1.67. The second kappa shape index (κ2) is 4.14. The molecular formula is C11H13ClN4. The number of anilines is 1. The SMILES string of the molecule is CC(C)c1nc(-c2c(N)cccc2Cl)n[nH]1. The lowest BCUT2D eigenvalue weighted by molar-refractivity contribution is 0.781. The summed E-state index contributed by atoms with van der Waals surface area (Å²) in [5.41, 5.74) is 7.13. The minimum atomic E-state index is 0.296. The predicted octanol–water partition coefficient (Wildman–Crippen LogP) is 2.83. The van der Waals surface area contributed by atoms with Gasteiger partial charge in [-0.25, -0.2) is 4.98 Å². The second-order valence-electron chi connectivity index (χ2n) is 3.90. The van der Waals surface area contributed by atoms with Crippen molar-refractivity contribution in [3.8, 4) is 11.4 Å². The first-order valence-corrected chi connectivity index (χ1v) is 5.44. The summed E-state index contributed by atoms with van der Waals surface area (Å²) in [5, 5.41) is 7.58. The van der Waals surface area contributed by atoms with E-state index in [1.807, 2.05) is 13.8 Å². The summed E-state index contributed by atoms with van der Waals surface area (Å²) in [6, 6.07) is 5.36. The number of hydrogen-bond donors (Lipinski definition) is 2. The first-order valence-electron chi connectivity index (χ1n) is 5.06. The maximum absolute atomic E-state index is 6.08. The molecule has 3 N–H and O–H groups in total. The van der Waals surface area contributed by atoms with Crippen molar-refractivity contribution >= 4 is 17.3 Å². The van der Waals surface area contributed by atoms with Crippen molar-refractivity contribution < 1.29 is 0 Å². The highest BCUT2D eigenvalue weighted by molar-refractivity contribution is 6.33. The number of nitrogen functional groups attached to an aromatic ring is 1. The van der Waals surface area contributed by atoms with E-state index in [9.17, 15) is 0 Å². The van der Waals surface area contributed by atoms with Crippen LogP contribution in [0.5, 0.6) is 0 Å². The van der Waals surface area contributed by atoms with Crippen LogP contribution in [0.1, 0.15) is 25.6 Å². The van der Waals surface area contributed by atoms with Gasteiger partial charge in [-0.15, -0.1) is 0 Å². The number of H-pyrrole nitrogens is 1. The average molecular weight is 237 g/mol. The van der Waals surface area contributed by atoms with Gasteiger partial charge in [-0.2, -0.15) is 5.10 Å². The van der Waals surface area contributed by atoms with Crippen molar-refractivity contribution in [3.05, 3.63) is 29.0 Å². The number of nitrogens with zero attached hydrogens (tertiary/aromatic N) is 2. The minimum absolute atomic E-state index is 0.296. The fourth-order valence-corrected chi connectivity index (χ4v) is 1.69. The molecule has 0 saturated heterocycles. The van der Waals surface area contributed by atoms with Gasteiger partial charge in [0.1, 0.15) is 5.82 Å². The number of nitrogens with one attached hydrogen (secondary N) is 1. The predicted molar refractivity (Wildman–Crippen MR) is 65.3 cm³/mol. The number of halogens is 1. The topological polar surface area (TPSA) is 67.6 Å². The first kappa shape index (κ1) is 11.0. The van der Waals surface area contributed by atoms with Crippen LogP contribution in [0.3, 0.4) is 0 Å². The third-order valence-electron chi connectivity index (χ3n) is 2.32. The number of hydrogen-bond acceptors (Lipinski definition) is 3. The molecule has 84 valence electrons. The Balaban J connectivity index is 2.50. The standard InChI is InChI=1S/C11H13ClN4/c1-6(2)10-14-11(16-15-10)9-7(12)4-3-5-8(9)13/h3-6H,13H2,1-2H3,(H,14,15,16). The van der Waals surface area contributed by atoms with Gasteiger partial charge >= 0.3 is 0 Å². The molecule has 1 aromatic carbocycles. The van der Waals surface area contributed by atoms with Crippen LogP contribution in [0, 0.1) is 0 Å². The highest BCUT2D eigenvalue weighted by Gasteiger charge is 2.13. The molecule has 5 heteroatoms. The summed E-state index contributed by atoms with van der Waals surface area (Å²) >= 11 is 6.08. The number of benzene rings is 1. The van der Waals surface area contributed by atoms with Gasteiger partial charge in [0.15, 0.2) is 5.82 Å². The molecule has 1 heterocycles. The van der Waals surface area contributed by atoms with Crippen molar-refractivity contribution in [1.82, 2.24) is 15.2 Å². The highest BCUT2D eigenvalue weighted by atomic mass is 35.5. The molecule has 2 rings (SSSR count). The molecule has 0 atom stereocenters. The molecule has 1 aromatic heterocycles. The largest absolute Gasteiger partial charge is 0.398 e. The van der Waals surface area contributed by atoms with E-state index >= 15 is 0 Å². The smallest absolute Gasteiger partial charge is 0.184 e. The number of aromatic nitrogens is 3. The summed E-state index contributed by atoms with van der Waals surface area (Å²) in [6.07, 6.45) is 0. The van der Waals surface area contributed by atoms with Gasteiger partial charge in [0, 0.05) is 11.6 Å². The summed E-state index contributed by atoms with van der Waals surface area (Å²) in [6.45, 7) is 4.08. The quantitative estimate of drug-likeness (QED) is 0.788. The fraction of sp³-hybridized carbons (Fsp3) is 0.273. The van der Waals surface area contributed by atoms with Crippen LogP contribution < -0.4 is 5.73 Å². The zero-order valence-corrected chi connectivity index (χ0v) is 9.92. The molecule has 0 radical (unpaired) electrons. The second-order valence-corrected chi connectivity index (χ2v) is 4.31. The average Bonchev–Trinajstić information content (AvgIpc) is 2.66. The van der Waals surface area contributed by atoms with E-state index in [2.05, 4.69) is 15.2 Å². The normalized spacial score (nSPS) is 11.0. The van der Waals surface area contributed by atoms with E-state index < -0.39 is 0 Å². The van der Waals surface area contributed by atoms with Crippen LogP contribution in [-0.2, 0) is 0 Å². The Kier molecular flexibility index (Phi) is 2.83. The molecule has 2 aromatic rings. The van der Waals surface area contributed by atoms with Gasteiger partial charge in [0.2, 0.25) is 0 Å². The Bertz CT molecular complexity index is 484. The summed E-state index contributed by atoms with van der Waals surface area (Å²) < 4.78 is 0. The lowest BCUT2D eigenvalue weighted by Crippen LogP contribution is -1.93. The Hall–Kier alpha value is -1.55. The third-order valence-corrected chi connectivity index (χ3v) is 2.63. The van der Waals surface area contributed by atoms with E-state index in [1.54, 1.807) is 18.2 Å². The molecule has 0 aliphatic carbocycles. The van der Waals surface area contributed by atoms with Gasteiger partial charge in [0.05, 0.1) is 10.6 Å². The van der Waals surface area contributed by atoms with E-state index in [4.69, 9.17) is 17.3 Å². The number of aromatic amines is 1. The molecule has 0 unspecified atom stereocenters. The van der Waals surface area contributed by atoms with Gasteiger partial charge in [0.25, 0.3) is 0 Å². The van der Waals surface area contributed by atoms with Crippen LogP contribution in [0.2, 0.25) is 5.02 Å². The Morgan fingerprint density at radius 1 is 1.38 bits per heavy atom. The molecule has 4 nitrogen and oxygen atoms in total. The van der Waals surface area contributed by atoms with E-state index in [-0.39, 0.29) is 0 Å². The zero-order valence-electron chi connectivity index (χ0n) is 9.16. The molecule has 0 aliphatic heterocycles. The molecule has 16 heavy (non-hydrogen) atoms. The fourth-order valence-electron chi connectivity index (χ4n) is 1.42. The van der Waals surface area contributed by atoms with Gasteiger partial charge < -0.3 is 5.73 Å². The van der Waals surface area contributed by atoms with Crippen LogP contribution in [0.4, 0.5) is 5.69 Å². The van der Waals surface area contributed by atoms with Crippen LogP contribution in [0.25, 0.3) is 11.4 Å². The maximum atomic E-state index is 6.08. The Morgan fingerprint density at radius 2 is 2.12 bits per heavy atom. The monoisotopic (exact) mass is 236 g/mol. The maximum Gasteiger partial charge on any atom is 0.184 e. The molecule has 0 bridgehead atoms. The van der Waals surface area contributed by atoms with Crippen molar-refractivity contribution in [2.45, 2.75) is 19.8 Å². The van der Waals surface area contributed by atoms with Crippen LogP contribution in [0.15, 0.2) is 18.2 Å². The van der Waals surface area contributed by atoms with Crippen molar-refractivity contribution in [1.29, 1.82) is 0 Å². The molecule has 0 amide bonds. The van der Waals surface area contributed by atoms with E-state index in [1.165, 1.54) is 0 Å². The molecule has 0 spiro atoms. The van der Waals surface area contributed by atoms with Crippen molar-refractivity contribution in [3.63, 3.8) is 0 Å². The molecular weight excluding hydrogens is 224 g/mol. The minimum Gasteiger partial charge on any atom is -0.398 e. The molecule has 0 saturated carbocycles. The van der Waals surface area contributed by atoms with Crippen molar-refractivity contribution in [2.24, 2.45) is 0 Å². The lowest BCUT2D eigenvalue weighted by Gasteiger charge is -2.03. The number of nitrogens with two attached hydrogens (primary N) is 1. The van der Waals surface area contributed by atoms with Crippen LogP contribution >= 0.6 is 11.6 Å². The van der Waals surface area contributed by atoms with Crippen LogP contribution in [-0.4, -0.2) is 15.2 Å². The molecule has 0 aliphatic rings. The lowest BCUT2D eigenvalue weighted by atomic mass is 10.1. The first-order chi connectivity index (χ1) is 7.59. The van der Waals surface area contributed by atoms with Gasteiger partial charge in [-0.1, -0.05) is 31.5 Å². The Morgan fingerprint density at radius 3 is 2.69 bits per heavy atom. The van der Waals surface area contributed by atoms with E-state index in [0.717, 1.165) is 5.82 Å². The summed E-state index contributed by atoms with van der Waals surface area (Å²) in [4.78, 5) is 4.37. The van der Waals surface area contributed by atoms with Gasteiger partial charge in [-0.05, 0) is 12.1 Å². The third kappa shape index (κ3) is 1.88. The van der Waals surface area contributed by atoms with Crippen molar-refractivity contribution in [2.75, 3.05) is 5.73 Å². The Labute approximate surface area is 98.8 Å². The van der Waals surface area contributed by atoms with E-state index in [0.29, 0.717) is 28.0 Å². The molecule has 0 fully saturated rings. The highest BCUT2D eigenvalue weighted by Crippen LogP contribution is 2.31. The summed E-state index contributed by atoms with van der Waals surface area (Å²) in [7, 11) is 0.